The third-order valence-corrected chi connectivity index (χ3v) is 2.82. The molecule has 1 fully saturated rings. The normalized spacial score (nSPS) is 16.0. The molecule has 0 atom stereocenters. The molecule has 3 nitrogen and oxygen atoms in total. The number of piperazine rings is 1. The van der Waals surface area contributed by atoms with Crippen LogP contribution in [-0.4, -0.2) is 37.0 Å². The number of carbonyl (C=O) groups excluding carboxylic acids is 1. The maximum Gasteiger partial charge on any atom is 0.227 e. The van der Waals surface area contributed by atoms with Crippen LogP contribution in [0.2, 0.25) is 0 Å². The number of amides is 1. The Balaban J connectivity index is 2.04. The van der Waals surface area contributed by atoms with Gasteiger partial charge in [-0.05, 0) is 18.2 Å². The molecule has 0 spiro atoms. The number of nitrogens with zero attached hydrogens (tertiary/aromatic N) is 1. The van der Waals surface area contributed by atoms with E-state index in [1.165, 1.54) is 0 Å². The van der Waals surface area contributed by atoms with Crippen molar-refractivity contribution < 1.29 is 13.6 Å². The standard InChI is InChI=1S/C12H14F2N2O/c13-10-1-2-11(14)9(7-10)8-12(17)16-5-3-15-4-6-16/h1-2,7,15H,3-6,8H2. The molecule has 1 N–H and O–H groups in total. The summed E-state index contributed by atoms with van der Waals surface area (Å²) in [7, 11) is 0. The first-order valence-electron chi connectivity index (χ1n) is 5.59. The van der Waals surface area contributed by atoms with Gasteiger partial charge in [-0.3, -0.25) is 4.79 Å². The van der Waals surface area contributed by atoms with Crippen molar-refractivity contribution in [1.82, 2.24) is 10.2 Å². The Kier molecular flexibility index (Phi) is 3.68. The van der Waals surface area contributed by atoms with Crippen LogP contribution in [0.5, 0.6) is 0 Å². The van der Waals surface area contributed by atoms with Gasteiger partial charge < -0.3 is 10.2 Å². The Morgan fingerprint density at radius 2 is 2.00 bits per heavy atom. The first-order chi connectivity index (χ1) is 8.16. The highest BCUT2D eigenvalue weighted by molar-refractivity contribution is 5.79. The molecule has 1 saturated heterocycles. The zero-order chi connectivity index (χ0) is 12.3. The van der Waals surface area contributed by atoms with Gasteiger partial charge in [0.25, 0.3) is 0 Å². The molecule has 1 aliphatic heterocycles. The van der Waals surface area contributed by atoms with E-state index in [1.807, 2.05) is 0 Å². The Hall–Kier alpha value is -1.49. The van der Waals surface area contributed by atoms with E-state index in [1.54, 1.807) is 4.90 Å². The van der Waals surface area contributed by atoms with Gasteiger partial charge in [-0.25, -0.2) is 8.78 Å². The van der Waals surface area contributed by atoms with Gasteiger partial charge in [0.15, 0.2) is 0 Å². The first-order valence-corrected chi connectivity index (χ1v) is 5.59. The Morgan fingerprint density at radius 1 is 1.29 bits per heavy atom. The summed E-state index contributed by atoms with van der Waals surface area (Å²) in [6.45, 7) is 2.74. The van der Waals surface area contributed by atoms with Crippen LogP contribution in [0.15, 0.2) is 18.2 Å². The second kappa shape index (κ2) is 5.23. The number of nitrogens with one attached hydrogen (secondary N) is 1. The lowest BCUT2D eigenvalue weighted by Gasteiger charge is -2.27. The van der Waals surface area contributed by atoms with Crippen molar-refractivity contribution in [1.29, 1.82) is 0 Å². The number of benzene rings is 1. The van der Waals surface area contributed by atoms with Gasteiger partial charge in [0.1, 0.15) is 11.6 Å². The molecule has 0 radical (unpaired) electrons. The van der Waals surface area contributed by atoms with E-state index >= 15 is 0 Å². The Labute approximate surface area is 98.4 Å². The van der Waals surface area contributed by atoms with Gasteiger partial charge in [-0.15, -0.1) is 0 Å². The summed E-state index contributed by atoms with van der Waals surface area (Å²) in [5, 5.41) is 3.13. The van der Waals surface area contributed by atoms with Crippen LogP contribution in [0.25, 0.3) is 0 Å². The average Bonchev–Trinajstić information content (AvgIpc) is 2.35. The number of halogens is 2. The van der Waals surface area contributed by atoms with Gasteiger partial charge in [0.2, 0.25) is 5.91 Å². The van der Waals surface area contributed by atoms with E-state index in [4.69, 9.17) is 0 Å². The fraction of sp³-hybridized carbons (Fsp3) is 0.417. The molecule has 1 aliphatic rings. The van der Waals surface area contributed by atoms with Crippen LogP contribution >= 0.6 is 0 Å². The lowest BCUT2D eigenvalue weighted by atomic mass is 10.1. The second-order valence-corrected chi connectivity index (χ2v) is 4.04. The van der Waals surface area contributed by atoms with Crippen molar-refractivity contribution in [2.45, 2.75) is 6.42 Å². The molecule has 1 aromatic carbocycles. The molecule has 0 unspecified atom stereocenters. The Morgan fingerprint density at radius 3 is 2.71 bits per heavy atom. The predicted octanol–water partition coefficient (Wildman–Crippen LogP) is 0.939. The van der Waals surface area contributed by atoms with Crippen molar-refractivity contribution >= 4 is 5.91 Å². The summed E-state index contributed by atoms with van der Waals surface area (Å²) in [4.78, 5) is 13.5. The summed E-state index contributed by atoms with van der Waals surface area (Å²) >= 11 is 0. The van der Waals surface area contributed by atoms with Gasteiger partial charge in [0.05, 0.1) is 6.42 Å². The highest BCUT2D eigenvalue weighted by Crippen LogP contribution is 2.11. The molecule has 1 amide bonds. The van der Waals surface area contributed by atoms with Gasteiger partial charge in [0, 0.05) is 31.7 Å². The summed E-state index contributed by atoms with van der Waals surface area (Å²) in [6.07, 6.45) is -0.0798. The van der Waals surface area contributed by atoms with E-state index in [-0.39, 0.29) is 17.9 Å². The monoisotopic (exact) mass is 240 g/mol. The molecule has 0 aliphatic carbocycles. The zero-order valence-corrected chi connectivity index (χ0v) is 9.38. The minimum Gasteiger partial charge on any atom is -0.340 e. The fourth-order valence-corrected chi connectivity index (χ4v) is 1.87. The third kappa shape index (κ3) is 3.00. The lowest BCUT2D eigenvalue weighted by Crippen LogP contribution is -2.47. The molecule has 1 heterocycles. The minimum absolute atomic E-state index is 0.0798. The highest BCUT2D eigenvalue weighted by atomic mass is 19.1. The summed E-state index contributed by atoms with van der Waals surface area (Å²) in [6, 6.07) is 3.18. The maximum absolute atomic E-state index is 13.3. The van der Waals surface area contributed by atoms with Crippen LogP contribution in [0.1, 0.15) is 5.56 Å². The topological polar surface area (TPSA) is 32.3 Å². The molecule has 1 aromatic rings. The predicted molar refractivity (Wildman–Crippen MR) is 59.5 cm³/mol. The van der Waals surface area contributed by atoms with E-state index in [9.17, 15) is 13.6 Å². The van der Waals surface area contributed by atoms with E-state index in [2.05, 4.69) is 5.32 Å². The van der Waals surface area contributed by atoms with Crippen LogP contribution < -0.4 is 5.32 Å². The molecule has 2 rings (SSSR count). The molecule has 5 heteroatoms. The highest BCUT2D eigenvalue weighted by Gasteiger charge is 2.18. The fourth-order valence-electron chi connectivity index (χ4n) is 1.87. The SMILES string of the molecule is O=C(Cc1cc(F)ccc1F)N1CCNCC1. The summed E-state index contributed by atoms with van der Waals surface area (Å²) in [5.41, 5.74) is 0.119. The summed E-state index contributed by atoms with van der Waals surface area (Å²) < 4.78 is 26.3. The quantitative estimate of drug-likeness (QED) is 0.834. The van der Waals surface area contributed by atoms with Gasteiger partial charge in [-0.1, -0.05) is 0 Å². The maximum atomic E-state index is 13.3. The number of carbonyl (C=O) groups is 1. The largest absolute Gasteiger partial charge is 0.340 e. The third-order valence-electron chi connectivity index (χ3n) is 2.82. The van der Waals surface area contributed by atoms with Gasteiger partial charge >= 0.3 is 0 Å². The van der Waals surface area contributed by atoms with E-state index in [0.29, 0.717) is 13.1 Å². The van der Waals surface area contributed by atoms with Crippen LogP contribution in [0.3, 0.4) is 0 Å². The van der Waals surface area contributed by atoms with Gasteiger partial charge in [-0.2, -0.15) is 0 Å². The molecular weight excluding hydrogens is 226 g/mol. The average molecular weight is 240 g/mol. The molecule has 0 bridgehead atoms. The van der Waals surface area contributed by atoms with E-state index < -0.39 is 11.6 Å². The number of hydrogen-bond acceptors (Lipinski definition) is 2. The lowest BCUT2D eigenvalue weighted by molar-refractivity contribution is -0.131. The Bertz CT molecular complexity index is 417. The zero-order valence-electron chi connectivity index (χ0n) is 9.38. The second-order valence-electron chi connectivity index (χ2n) is 4.04. The van der Waals surface area contributed by atoms with Crippen molar-refractivity contribution in [3.63, 3.8) is 0 Å². The molecule has 0 saturated carbocycles. The molecule has 92 valence electrons. The number of rotatable bonds is 2. The minimum atomic E-state index is -0.533. The molecular formula is C12H14F2N2O. The van der Waals surface area contributed by atoms with Crippen LogP contribution in [0, 0.1) is 11.6 Å². The molecule has 0 aromatic heterocycles. The van der Waals surface area contributed by atoms with E-state index in [0.717, 1.165) is 31.3 Å². The molecule has 17 heavy (non-hydrogen) atoms. The van der Waals surface area contributed by atoms with Crippen molar-refractivity contribution in [3.05, 3.63) is 35.4 Å². The summed E-state index contributed by atoms with van der Waals surface area (Å²) in [5.74, 6) is -1.21. The number of hydrogen-bond donors (Lipinski definition) is 1. The van der Waals surface area contributed by atoms with Crippen molar-refractivity contribution in [2.24, 2.45) is 0 Å². The smallest absolute Gasteiger partial charge is 0.227 e. The van der Waals surface area contributed by atoms with Crippen molar-refractivity contribution in [2.75, 3.05) is 26.2 Å². The first kappa shape index (κ1) is 12.0. The van der Waals surface area contributed by atoms with Crippen molar-refractivity contribution in [3.8, 4) is 0 Å². The van der Waals surface area contributed by atoms with Crippen LogP contribution in [-0.2, 0) is 11.2 Å². The van der Waals surface area contributed by atoms with Crippen LogP contribution in [0.4, 0.5) is 8.78 Å².